The minimum atomic E-state index is -0.502. The molecule has 2 amide bonds. The van der Waals surface area contributed by atoms with Crippen LogP contribution in [0.15, 0.2) is 4.99 Å². The van der Waals surface area contributed by atoms with E-state index in [2.05, 4.69) is 15.6 Å². The summed E-state index contributed by atoms with van der Waals surface area (Å²) >= 11 is 0. The van der Waals surface area contributed by atoms with Crippen LogP contribution in [0, 0.1) is 0 Å². The summed E-state index contributed by atoms with van der Waals surface area (Å²) in [6.07, 6.45) is 0.0553. The predicted octanol–water partition coefficient (Wildman–Crippen LogP) is 0.751. The van der Waals surface area contributed by atoms with Crippen LogP contribution in [0.3, 0.4) is 0 Å². The number of aliphatic imine (C=N–C) groups is 1. The van der Waals surface area contributed by atoms with Crippen molar-refractivity contribution in [2.24, 2.45) is 4.99 Å². The van der Waals surface area contributed by atoms with Gasteiger partial charge in [-0.15, -0.1) is 0 Å². The van der Waals surface area contributed by atoms with Gasteiger partial charge in [-0.25, -0.2) is 4.79 Å². The Kier molecular flexibility index (Phi) is 6.45. The summed E-state index contributed by atoms with van der Waals surface area (Å²) in [4.78, 5) is 29.3. The number of rotatable bonds is 4. The minimum absolute atomic E-state index is 0.00501. The van der Waals surface area contributed by atoms with Gasteiger partial charge in [0.25, 0.3) is 0 Å². The molecule has 0 radical (unpaired) electrons. The Balaban J connectivity index is 2.36. The lowest BCUT2D eigenvalue weighted by atomic mass is 10.2. The van der Waals surface area contributed by atoms with E-state index in [0.717, 1.165) is 5.84 Å². The van der Waals surface area contributed by atoms with Gasteiger partial charge in [-0.1, -0.05) is 0 Å². The average Bonchev–Trinajstić information content (AvgIpc) is 2.37. The predicted molar refractivity (Wildman–Crippen MR) is 81.4 cm³/mol. The topological polar surface area (TPSA) is 83.0 Å². The molecule has 0 fully saturated rings. The van der Waals surface area contributed by atoms with E-state index < -0.39 is 5.60 Å². The standard InChI is InChI=1S/C14H26N4O3/c1-5-15-12(19)6-7-16-11-10-18(9-8-17-11)13(20)21-14(2,3)4/h5-10H2,1-4H3,(H,15,19)(H,16,17). The molecule has 120 valence electrons. The molecule has 0 bridgehead atoms. The fourth-order valence-electron chi connectivity index (χ4n) is 1.82. The average molecular weight is 298 g/mol. The maximum absolute atomic E-state index is 12.0. The van der Waals surface area contributed by atoms with E-state index in [0.29, 0.717) is 39.1 Å². The van der Waals surface area contributed by atoms with E-state index in [1.165, 1.54) is 0 Å². The summed E-state index contributed by atoms with van der Waals surface area (Å²) < 4.78 is 5.34. The Morgan fingerprint density at radius 2 is 2.10 bits per heavy atom. The van der Waals surface area contributed by atoms with Gasteiger partial charge in [-0.3, -0.25) is 14.7 Å². The van der Waals surface area contributed by atoms with Crippen LogP contribution in [0.5, 0.6) is 0 Å². The Morgan fingerprint density at radius 3 is 2.71 bits per heavy atom. The van der Waals surface area contributed by atoms with Crippen molar-refractivity contribution in [1.82, 2.24) is 15.5 Å². The van der Waals surface area contributed by atoms with Crippen molar-refractivity contribution in [3.05, 3.63) is 0 Å². The lowest BCUT2D eigenvalue weighted by Crippen LogP contribution is -2.47. The number of carbonyl (C=O) groups is 2. The van der Waals surface area contributed by atoms with Gasteiger partial charge in [0.05, 0.1) is 13.1 Å². The minimum Gasteiger partial charge on any atom is -0.444 e. The molecule has 0 aromatic carbocycles. The van der Waals surface area contributed by atoms with Crippen molar-refractivity contribution >= 4 is 17.8 Å². The van der Waals surface area contributed by atoms with E-state index in [1.54, 1.807) is 4.90 Å². The van der Waals surface area contributed by atoms with Crippen LogP contribution in [0.1, 0.15) is 34.1 Å². The fourth-order valence-corrected chi connectivity index (χ4v) is 1.82. The summed E-state index contributed by atoms with van der Waals surface area (Å²) in [7, 11) is 0. The van der Waals surface area contributed by atoms with Crippen molar-refractivity contribution in [2.45, 2.75) is 39.7 Å². The molecule has 0 saturated carbocycles. The van der Waals surface area contributed by atoms with Crippen LogP contribution in [0.4, 0.5) is 4.79 Å². The van der Waals surface area contributed by atoms with E-state index in [9.17, 15) is 9.59 Å². The molecule has 0 saturated heterocycles. The second kappa shape index (κ2) is 7.85. The third kappa shape index (κ3) is 6.97. The van der Waals surface area contributed by atoms with Crippen LogP contribution >= 0.6 is 0 Å². The lowest BCUT2D eigenvalue weighted by molar-refractivity contribution is -0.120. The van der Waals surface area contributed by atoms with E-state index in [4.69, 9.17) is 4.74 Å². The molecule has 2 N–H and O–H groups in total. The summed E-state index contributed by atoms with van der Waals surface area (Å²) in [5.74, 6) is 0.724. The first-order valence-corrected chi connectivity index (χ1v) is 7.33. The van der Waals surface area contributed by atoms with Crippen LogP contribution in [-0.4, -0.2) is 61.1 Å². The summed E-state index contributed by atoms with van der Waals surface area (Å²) in [5, 5.41) is 5.83. The second-order valence-corrected chi connectivity index (χ2v) is 5.86. The van der Waals surface area contributed by atoms with Gasteiger partial charge in [0, 0.05) is 26.1 Å². The molecule has 1 aliphatic rings. The molecule has 0 aromatic rings. The Morgan fingerprint density at radius 1 is 1.38 bits per heavy atom. The highest BCUT2D eigenvalue weighted by atomic mass is 16.6. The Labute approximate surface area is 126 Å². The number of amidine groups is 1. The van der Waals surface area contributed by atoms with Gasteiger partial charge in [0.2, 0.25) is 5.91 Å². The lowest BCUT2D eigenvalue weighted by Gasteiger charge is -2.29. The number of hydrogen-bond acceptors (Lipinski definition) is 5. The summed E-state index contributed by atoms with van der Waals surface area (Å²) in [6.45, 7) is 10.0. The largest absolute Gasteiger partial charge is 0.444 e. The fraction of sp³-hybridized carbons (Fsp3) is 0.786. The maximum Gasteiger partial charge on any atom is 0.410 e. The molecule has 0 spiro atoms. The van der Waals surface area contributed by atoms with Gasteiger partial charge in [-0.05, 0) is 27.7 Å². The zero-order valence-corrected chi connectivity index (χ0v) is 13.4. The van der Waals surface area contributed by atoms with Gasteiger partial charge in [0.15, 0.2) is 0 Å². The third-order valence-corrected chi connectivity index (χ3v) is 2.72. The van der Waals surface area contributed by atoms with Crippen molar-refractivity contribution in [2.75, 3.05) is 32.7 Å². The van der Waals surface area contributed by atoms with Gasteiger partial charge in [-0.2, -0.15) is 0 Å². The van der Waals surface area contributed by atoms with E-state index in [-0.39, 0.29) is 12.0 Å². The molecular formula is C14H26N4O3. The molecule has 1 heterocycles. The first-order chi connectivity index (χ1) is 9.81. The number of ether oxygens (including phenoxy) is 1. The smallest absolute Gasteiger partial charge is 0.410 e. The number of hydrogen-bond donors (Lipinski definition) is 2. The molecule has 7 heteroatoms. The van der Waals surface area contributed by atoms with Crippen LogP contribution in [-0.2, 0) is 9.53 Å². The van der Waals surface area contributed by atoms with E-state index in [1.807, 2.05) is 27.7 Å². The molecule has 0 atom stereocenters. The highest BCUT2D eigenvalue weighted by Gasteiger charge is 2.24. The van der Waals surface area contributed by atoms with Crippen molar-refractivity contribution < 1.29 is 14.3 Å². The molecule has 0 aromatic heterocycles. The van der Waals surface area contributed by atoms with Crippen molar-refractivity contribution in [1.29, 1.82) is 0 Å². The summed E-state index contributed by atoms with van der Waals surface area (Å²) in [5.41, 5.74) is -0.502. The van der Waals surface area contributed by atoms with Crippen LogP contribution in [0.2, 0.25) is 0 Å². The molecule has 0 aliphatic carbocycles. The molecule has 1 aliphatic heterocycles. The van der Waals surface area contributed by atoms with Crippen molar-refractivity contribution in [3.63, 3.8) is 0 Å². The molecule has 0 unspecified atom stereocenters. The highest BCUT2D eigenvalue weighted by Crippen LogP contribution is 2.10. The second-order valence-electron chi connectivity index (χ2n) is 5.86. The number of carbonyl (C=O) groups excluding carboxylic acids is 2. The number of amides is 2. The van der Waals surface area contributed by atoms with Gasteiger partial charge < -0.3 is 15.4 Å². The van der Waals surface area contributed by atoms with Gasteiger partial charge in [0.1, 0.15) is 11.4 Å². The van der Waals surface area contributed by atoms with Crippen LogP contribution < -0.4 is 10.6 Å². The Hall–Kier alpha value is -1.79. The Bertz CT molecular complexity index is 402. The number of nitrogens with one attached hydrogen (secondary N) is 2. The zero-order valence-electron chi connectivity index (χ0n) is 13.4. The molecule has 1 rings (SSSR count). The normalized spacial score (nSPS) is 15.2. The van der Waals surface area contributed by atoms with Crippen molar-refractivity contribution in [3.8, 4) is 0 Å². The van der Waals surface area contributed by atoms with Crippen LogP contribution in [0.25, 0.3) is 0 Å². The first kappa shape index (κ1) is 17.3. The quantitative estimate of drug-likeness (QED) is 0.802. The zero-order chi connectivity index (χ0) is 15.9. The highest BCUT2D eigenvalue weighted by molar-refractivity contribution is 5.88. The first-order valence-electron chi connectivity index (χ1n) is 7.33. The molecule has 7 nitrogen and oxygen atoms in total. The maximum atomic E-state index is 12.0. The SMILES string of the molecule is CCNC(=O)CCNC1=NCCN(C(=O)OC(C)(C)C)C1. The summed E-state index contributed by atoms with van der Waals surface area (Å²) in [6, 6.07) is 0. The number of nitrogens with zero attached hydrogens (tertiary/aromatic N) is 2. The molecule has 21 heavy (non-hydrogen) atoms. The molecular weight excluding hydrogens is 272 g/mol. The van der Waals surface area contributed by atoms with Gasteiger partial charge >= 0.3 is 6.09 Å². The third-order valence-electron chi connectivity index (χ3n) is 2.72. The monoisotopic (exact) mass is 298 g/mol. The van der Waals surface area contributed by atoms with E-state index >= 15 is 0 Å².